The average Bonchev–Trinajstić information content (AvgIpc) is 3.93. The first-order valence-electron chi connectivity index (χ1n) is 20.5. The predicted molar refractivity (Wildman–Crippen MR) is 244 cm³/mol. The monoisotopic (exact) mass is 762 g/mol. The van der Waals surface area contributed by atoms with E-state index in [9.17, 15) is 0 Å². The van der Waals surface area contributed by atoms with Crippen LogP contribution in [0.2, 0.25) is 0 Å². The predicted octanol–water partition coefficient (Wildman–Crippen LogP) is 13.5. The minimum atomic E-state index is -0.433. The Bertz CT molecular complexity index is 3440. The molecule has 0 bridgehead atoms. The molecule has 0 unspecified atom stereocenters. The van der Waals surface area contributed by atoms with Crippen LogP contribution in [0.4, 0.5) is 0 Å². The zero-order valence-electron chi connectivity index (χ0n) is 32.4. The van der Waals surface area contributed by atoms with Crippen molar-refractivity contribution in [3.8, 4) is 62.1 Å². The molecule has 0 N–H and O–H groups in total. The van der Waals surface area contributed by atoms with E-state index in [0.717, 1.165) is 44.2 Å². The van der Waals surface area contributed by atoms with Crippen molar-refractivity contribution in [2.24, 2.45) is 0 Å². The van der Waals surface area contributed by atoms with Crippen LogP contribution in [0.3, 0.4) is 0 Å². The van der Waals surface area contributed by atoms with E-state index in [0.29, 0.717) is 17.5 Å². The Labute approximate surface area is 346 Å². The molecule has 0 saturated heterocycles. The van der Waals surface area contributed by atoms with Crippen molar-refractivity contribution < 1.29 is 0 Å². The zero-order chi connectivity index (χ0) is 39.4. The van der Waals surface area contributed by atoms with E-state index in [1.807, 2.05) is 36.4 Å². The Kier molecular flexibility index (Phi) is 6.90. The maximum atomic E-state index is 5.32. The highest BCUT2D eigenvalue weighted by molar-refractivity contribution is 6.19. The first-order chi connectivity index (χ1) is 29.8. The Morgan fingerprint density at radius 2 is 0.850 bits per heavy atom. The molecule has 2 heterocycles. The van der Waals surface area contributed by atoms with Crippen LogP contribution < -0.4 is 0 Å². The van der Waals surface area contributed by atoms with Gasteiger partial charge in [-0.25, -0.2) is 15.0 Å². The van der Waals surface area contributed by atoms with Crippen LogP contribution in [-0.4, -0.2) is 19.5 Å². The summed E-state index contributed by atoms with van der Waals surface area (Å²) in [7, 11) is 0. The zero-order valence-corrected chi connectivity index (χ0v) is 32.4. The minimum Gasteiger partial charge on any atom is -0.308 e. The highest BCUT2D eigenvalue weighted by Gasteiger charge is 2.52. The number of aromatic nitrogens is 4. The summed E-state index contributed by atoms with van der Waals surface area (Å²) in [5, 5.41) is 4.66. The molecule has 0 amide bonds. The standard InChI is InChI=1S/C56H34N4/c1-3-18-36(19-4-1)53-57-54(37-20-5-2-6-21-37)59-55(58-53)52-38-22-8-7-17-35(38)31-33-49(52)60-47-30-16-12-26-42(47)51-48(60)34-32-46-50(51)41-25-11-15-29-45(41)56(46)43-27-13-9-23-39(43)40-24-10-14-28-44(40)56/h1-34H. The van der Waals surface area contributed by atoms with Crippen LogP contribution in [0, 0.1) is 0 Å². The second-order valence-electron chi connectivity index (χ2n) is 15.8. The van der Waals surface area contributed by atoms with Crippen molar-refractivity contribution in [2.75, 3.05) is 0 Å². The Balaban J connectivity index is 1.15. The molecule has 11 aromatic rings. The van der Waals surface area contributed by atoms with Gasteiger partial charge >= 0.3 is 0 Å². The number of nitrogens with zero attached hydrogens (tertiary/aromatic N) is 4. The molecule has 0 aliphatic heterocycles. The van der Waals surface area contributed by atoms with Crippen molar-refractivity contribution in [3.63, 3.8) is 0 Å². The molecule has 9 aromatic carbocycles. The van der Waals surface area contributed by atoms with Gasteiger partial charge in [0.2, 0.25) is 0 Å². The summed E-state index contributed by atoms with van der Waals surface area (Å²) in [4.78, 5) is 15.7. The van der Waals surface area contributed by atoms with Crippen molar-refractivity contribution in [1.82, 2.24) is 19.5 Å². The summed E-state index contributed by atoms with van der Waals surface area (Å²) in [5.41, 5.74) is 16.2. The third-order valence-corrected chi connectivity index (χ3v) is 12.9. The fourth-order valence-electron chi connectivity index (χ4n) is 10.5. The maximum Gasteiger partial charge on any atom is 0.166 e. The molecule has 278 valence electrons. The summed E-state index contributed by atoms with van der Waals surface area (Å²) < 4.78 is 2.45. The van der Waals surface area contributed by atoms with E-state index in [2.05, 4.69) is 174 Å². The fourth-order valence-corrected chi connectivity index (χ4v) is 10.5. The van der Waals surface area contributed by atoms with E-state index in [1.165, 1.54) is 55.3 Å². The molecule has 0 atom stereocenters. The number of benzene rings is 9. The number of rotatable bonds is 4. The Hall–Kier alpha value is -7.95. The number of para-hydroxylation sites is 1. The first kappa shape index (κ1) is 33.1. The summed E-state index contributed by atoms with van der Waals surface area (Å²) in [6.45, 7) is 0. The molecule has 60 heavy (non-hydrogen) atoms. The number of hydrogen-bond acceptors (Lipinski definition) is 3. The minimum absolute atomic E-state index is 0.433. The lowest BCUT2D eigenvalue weighted by Gasteiger charge is -2.30. The van der Waals surface area contributed by atoms with Gasteiger partial charge in [-0.05, 0) is 73.5 Å². The van der Waals surface area contributed by atoms with Crippen LogP contribution in [0.25, 0.3) is 94.7 Å². The maximum absolute atomic E-state index is 5.32. The summed E-state index contributed by atoms with van der Waals surface area (Å²) in [6.07, 6.45) is 0. The molecule has 0 radical (unpaired) electrons. The summed E-state index contributed by atoms with van der Waals surface area (Å²) >= 11 is 0. The second kappa shape index (κ2) is 12.5. The quantitative estimate of drug-likeness (QED) is 0.179. The largest absolute Gasteiger partial charge is 0.308 e. The lowest BCUT2D eigenvalue weighted by atomic mass is 9.70. The number of fused-ring (bicyclic) bond motifs is 15. The van der Waals surface area contributed by atoms with Crippen molar-refractivity contribution >= 4 is 32.6 Å². The van der Waals surface area contributed by atoms with Gasteiger partial charge in [-0.2, -0.15) is 0 Å². The topological polar surface area (TPSA) is 43.6 Å². The molecule has 2 aliphatic rings. The molecule has 2 aromatic heterocycles. The van der Waals surface area contributed by atoms with Gasteiger partial charge in [-0.1, -0.05) is 188 Å². The van der Waals surface area contributed by atoms with Gasteiger partial charge in [-0.3, -0.25) is 0 Å². The van der Waals surface area contributed by atoms with Crippen LogP contribution >= 0.6 is 0 Å². The van der Waals surface area contributed by atoms with Gasteiger partial charge in [0.1, 0.15) is 0 Å². The van der Waals surface area contributed by atoms with Gasteiger partial charge in [0.05, 0.1) is 27.7 Å². The van der Waals surface area contributed by atoms with Crippen LogP contribution in [-0.2, 0) is 5.41 Å². The summed E-state index contributed by atoms with van der Waals surface area (Å²) in [6, 6.07) is 74.3. The van der Waals surface area contributed by atoms with Crippen LogP contribution in [0.1, 0.15) is 22.3 Å². The average molecular weight is 763 g/mol. The fraction of sp³-hybridized carbons (Fsp3) is 0.0179. The first-order valence-corrected chi connectivity index (χ1v) is 20.5. The Morgan fingerprint density at radius 3 is 1.52 bits per heavy atom. The van der Waals surface area contributed by atoms with E-state index < -0.39 is 5.41 Å². The van der Waals surface area contributed by atoms with Gasteiger partial charge in [0.25, 0.3) is 0 Å². The highest BCUT2D eigenvalue weighted by Crippen LogP contribution is 2.64. The molecular formula is C56H34N4. The highest BCUT2D eigenvalue weighted by atomic mass is 15.1. The smallest absolute Gasteiger partial charge is 0.166 e. The summed E-state index contributed by atoms with van der Waals surface area (Å²) in [5.74, 6) is 1.90. The molecule has 0 saturated carbocycles. The van der Waals surface area contributed by atoms with Crippen molar-refractivity contribution in [2.45, 2.75) is 5.41 Å². The third-order valence-electron chi connectivity index (χ3n) is 12.9. The van der Waals surface area contributed by atoms with Gasteiger partial charge in [0.15, 0.2) is 17.5 Å². The lowest BCUT2D eigenvalue weighted by Crippen LogP contribution is -2.25. The Morgan fingerprint density at radius 1 is 0.333 bits per heavy atom. The number of hydrogen-bond donors (Lipinski definition) is 0. The molecular weight excluding hydrogens is 729 g/mol. The molecule has 0 fully saturated rings. The van der Waals surface area contributed by atoms with E-state index in [-0.39, 0.29) is 0 Å². The van der Waals surface area contributed by atoms with E-state index in [1.54, 1.807) is 0 Å². The molecule has 2 aliphatic carbocycles. The van der Waals surface area contributed by atoms with E-state index in [4.69, 9.17) is 15.0 Å². The SMILES string of the molecule is c1ccc(-c2nc(-c3ccccc3)nc(-c3c(-n4c5ccccc5c5c6c(ccc54)C4(c5ccccc5-c5ccccc54)c4ccccc4-6)ccc4ccccc34)n2)cc1. The van der Waals surface area contributed by atoms with Crippen molar-refractivity contribution in [3.05, 3.63) is 229 Å². The van der Waals surface area contributed by atoms with Gasteiger partial charge in [-0.15, -0.1) is 0 Å². The van der Waals surface area contributed by atoms with Gasteiger partial charge < -0.3 is 4.57 Å². The second-order valence-corrected chi connectivity index (χ2v) is 15.8. The molecule has 4 nitrogen and oxygen atoms in total. The van der Waals surface area contributed by atoms with E-state index >= 15 is 0 Å². The molecule has 4 heteroatoms. The molecule has 1 spiro atoms. The van der Waals surface area contributed by atoms with Gasteiger partial charge in [0, 0.05) is 21.9 Å². The van der Waals surface area contributed by atoms with Crippen molar-refractivity contribution in [1.29, 1.82) is 0 Å². The third kappa shape index (κ3) is 4.42. The lowest BCUT2D eigenvalue weighted by molar-refractivity contribution is 0.794. The van der Waals surface area contributed by atoms with Crippen LogP contribution in [0.15, 0.2) is 206 Å². The van der Waals surface area contributed by atoms with Crippen LogP contribution in [0.5, 0.6) is 0 Å². The normalized spacial score (nSPS) is 13.1. The molecule has 13 rings (SSSR count).